The van der Waals surface area contributed by atoms with Crippen LogP contribution in [0.25, 0.3) is 0 Å². The van der Waals surface area contributed by atoms with Crippen molar-refractivity contribution in [2.45, 2.75) is 44.2 Å². The first kappa shape index (κ1) is 17.4. The molecule has 1 aromatic rings. The molecule has 4 heteroatoms. The van der Waals surface area contributed by atoms with Crippen molar-refractivity contribution >= 4 is 5.91 Å². The summed E-state index contributed by atoms with van der Waals surface area (Å²) in [5, 5.41) is 0. The number of carbonyl (C=O) groups is 1. The van der Waals surface area contributed by atoms with E-state index in [2.05, 4.69) is 47.1 Å². The topological polar surface area (TPSA) is 32.8 Å². The van der Waals surface area contributed by atoms with Gasteiger partial charge >= 0.3 is 0 Å². The lowest BCUT2D eigenvalue weighted by Crippen LogP contribution is -2.55. The zero-order valence-electron chi connectivity index (χ0n) is 15.2. The molecular formula is C20H30N2O2. The molecule has 2 saturated heterocycles. The molecule has 1 amide bonds. The number of nitrogens with zero attached hydrogens (tertiary/aromatic N) is 2. The highest BCUT2D eigenvalue weighted by Gasteiger charge is 2.47. The van der Waals surface area contributed by atoms with Gasteiger partial charge in [-0.05, 0) is 44.7 Å². The van der Waals surface area contributed by atoms with Gasteiger partial charge in [-0.1, -0.05) is 30.3 Å². The van der Waals surface area contributed by atoms with Crippen LogP contribution in [0.3, 0.4) is 0 Å². The summed E-state index contributed by atoms with van der Waals surface area (Å²) >= 11 is 0. The van der Waals surface area contributed by atoms with Crippen LogP contribution in [0.5, 0.6) is 0 Å². The van der Waals surface area contributed by atoms with Gasteiger partial charge in [-0.3, -0.25) is 9.69 Å². The summed E-state index contributed by atoms with van der Waals surface area (Å²) in [6.07, 6.45) is 4.30. The van der Waals surface area contributed by atoms with E-state index in [1.54, 1.807) is 7.11 Å². The van der Waals surface area contributed by atoms with Crippen LogP contribution in [-0.2, 0) is 16.0 Å². The highest BCUT2D eigenvalue weighted by atomic mass is 16.5. The minimum Gasteiger partial charge on any atom is -0.380 e. The molecule has 0 N–H and O–H groups in total. The molecule has 24 heavy (non-hydrogen) atoms. The fourth-order valence-corrected chi connectivity index (χ4v) is 4.21. The van der Waals surface area contributed by atoms with Gasteiger partial charge < -0.3 is 9.64 Å². The summed E-state index contributed by atoms with van der Waals surface area (Å²) < 4.78 is 5.49. The molecule has 2 fully saturated rings. The van der Waals surface area contributed by atoms with Crippen molar-refractivity contribution in [3.05, 3.63) is 35.9 Å². The van der Waals surface area contributed by atoms with E-state index >= 15 is 0 Å². The Morgan fingerprint density at radius 2 is 1.92 bits per heavy atom. The Kier molecular flexibility index (Phi) is 5.26. The molecule has 2 atom stereocenters. The number of benzene rings is 1. The van der Waals surface area contributed by atoms with Gasteiger partial charge in [0.1, 0.15) is 5.54 Å². The second kappa shape index (κ2) is 7.24. The third-order valence-corrected chi connectivity index (χ3v) is 6.01. The standard InChI is InChI=1S/C20H30N2O2/c1-20(14-18(24-3)15-21(20)2)19(23)22-11-9-17(10-12-22)13-16-7-5-4-6-8-16/h4-8,17-18H,9-15H2,1-3H3. The first-order valence-corrected chi connectivity index (χ1v) is 9.10. The number of methoxy groups -OCH3 is 1. The largest absolute Gasteiger partial charge is 0.380 e. The van der Waals surface area contributed by atoms with Gasteiger partial charge in [0.2, 0.25) is 5.91 Å². The number of hydrogen-bond donors (Lipinski definition) is 0. The van der Waals surface area contributed by atoms with Gasteiger partial charge in [0.15, 0.2) is 0 Å². The predicted molar refractivity (Wildman–Crippen MR) is 95.9 cm³/mol. The number of rotatable bonds is 4. The summed E-state index contributed by atoms with van der Waals surface area (Å²) in [5.74, 6) is 0.972. The van der Waals surface area contributed by atoms with Gasteiger partial charge in [-0.2, -0.15) is 0 Å². The maximum atomic E-state index is 13.1. The average Bonchev–Trinajstić information content (AvgIpc) is 2.91. The molecule has 3 rings (SSSR count). The zero-order chi connectivity index (χ0) is 17.2. The van der Waals surface area contributed by atoms with Gasteiger partial charge in [0.05, 0.1) is 6.10 Å². The zero-order valence-corrected chi connectivity index (χ0v) is 15.2. The van der Waals surface area contributed by atoms with Crippen LogP contribution < -0.4 is 0 Å². The molecule has 0 radical (unpaired) electrons. The molecular weight excluding hydrogens is 300 g/mol. The first-order valence-electron chi connectivity index (χ1n) is 9.10. The number of likely N-dealkylation sites (tertiary alicyclic amines) is 2. The van der Waals surface area contributed by atoms with Crippen molar-refractivity contribution < 1.29 is 9.53 Å². The van der Waals surface area contributed by atoms with Crippen molar-refractivity contribution in [3.8, 4) is 0 Å². The minimum atomic E-state index is -0.410. The molecule has 2 aliphatic heterocycles. The van der Waals surface area contributed by atoms with E-state index in [1.165, 1.54) is 5.56 Å². The van der Waals surface area contributed by atoms with Crippen molar-refractivity contribution in [3.63, 3.8) is 0 Å². The monoisotopic (exact) mass is 330 g/mol. The Hall–Kier alpha value is -1.39. The highest BCUT2D eigenvalue weighted by molar-refractivity contribution is 5.86. The highest BCUT2D eigenvalue weighted by Crippen LogP contribution is 2.32. The number of likely N-dealkylation sites (N-methyl/N-ethyl adjacent to an activating group) is 1. The van der Waals surface area contributed by atoms with E-state index in [9.17, 15) is 4.79 Å². The normalized spacial score (nSPS) is 29.1. The van der Waals surface area contributed by atoms with Crippen molar-refractivity contribution in [2.24, 2.45) is 5.92 Å². The van der Waals surface area contributed by atoms with Crippen molar-refractivity contribution in [2.75, 3.05) is 33.8 Å². The number of amides is 1. The van der Waals surface area contributed by atoms with E-state index in [1.807, 2.05) is 7.05 Å². The predicted octanol–water partition coefficient (Wildman–Crippen LogP) is 2.58. The van der Waals surface area contributed by atoms with Gasteiger partial charge in [-0.25, -0.2) is 0 Å². The van der Waals surface area contributed by atoms with Gasteiger partial charge in [-0.15, -0.1) is 0 Å². The summed E-state index contributed by atoms with van der Waals surface area (Å²) in [6, 6.07) is 10.7. The second-order valence-corrected chi connectivity index (χ2v) is 7.64. The first-order chi connectivity index (χ1) is 11.5. The number of carbonyl (C=O) groups excluding carboxylic acids is 1. The van der Waals surface area contributed by atoms with E-state index in [0.717, 1.165) is 45.3 Å². The lowest BCUT2D eigenvalue weighted by atomic mass is 9.88. The fourth-order valence-electron chi connectivity index (χ4n) is 4.21. The second-order valence-electron chi connectivity index (χ2n) is 7.64. The van der Waals surface area contributed by atoms with Crippen molar-refractivity contribution in [1.29, 1.82) is 0 Å². The lowest BCUT2D eigenvalue weighted by Gasteiger charge is -2.39. The maximum Gasteiger partial charge on any atom is 0.242 e. The van der Waals surface area contributed by atoms with Crippen LogP contribution in [0.4, 0.5) is 0 Å². The van der Waals surface area contributed by atoms with E-state index in [4.69, 9.17) is 4.74 Å². The maximum absolute atomic E-state index is 13.1. The molecule has 0 spiro atoms. The Bertz CT molecular complexity index is 554. The SMILES string of the molecule is COC1CN(C)C(C)(C(=O)N2CCC(Cc3ccccc3)CC2)C1. The Morgan fingerprint density at radius 3 is 2.50 bits per heavy atom. The molecule has 4 nitrogen and oxygen atoms in total. The van der Waals surface area contributed by atoms with E-state index in [-0.39, 0.29) is 12.0 Å². The molecule has 0 bridgehead atoms. The molecule has 2 aliphatic rings. The molecule has 0 saturated carbocycles. The summed E-state index contributed by atoms with van der Waals surface area (Å²) in [7, 11) is 3.78. The molecule has 0 aliphatic carbocycles. The molecule has 132 valence electrons. The average molecular weight is 330 g/mol. The molecule has 0 aromatic heterocycles. The smallest absolute Gasteiger partial charge is 0.242 e. The number of ether oxygens (including phenoxy) is 1. The minimum absolute atomic E-state index is 0.166. The van der Waals surface area contributed by atoms with Crippen LogP contribution in [0.2, 0.25) is 0 Å². The van der Waals surface area contributed by atoms with E-state index < -0.39 is 5.54 Å². The van der Waals surface area contributed by atoms with Crippen LogP contribution in [0.15, 0.2) is 30.3 Å². The quantitative estimate of drug-likeness (QED) is 0.851. The van der Waals surface area contributed by atoms with Crippen LogP contribution in [0, 0.1) is 5.92 Å². The molecule has 2 heterocycles. The summed E-state index contributed by atoms with van der Waals surface area (Å²) in [5.41, 5.74) is 1.00. The Morgan fingerprint density at radius 1 is 1.25 bits per heavy atom. The molecule has 2 unspecified atom stereocenters. The van der Waals surface area contributed by atoms with E-state index in [0.29, 0.717) is 5.92 Å². The number of hydrogen-bond acceptors (Lipinski definition) is 3. The van der Waals surface area contributed by atoms with Gasteiger partial charge in [0.25, 0.3) is 0 Å². The van der Waals surface area contributed by atoms with Gasteiger partial charge in [0, 0.05) is 33.2 Å². The van der Waals surface area contributed by atoms with Crippen LogP contribution >= 0.6 is 0 Å². The third kappa shape index (κ3) is 3.50. The van der Waals surface area contributed by atoms with Crippen molar-refractivity contribution in [1.82, 2.24) is 9.80 Å². The Labute approximate surface area is 145 Å². The fraction of sp³-hybridized carbons (Fsp3) is 0.650. The third-order valence-electron chi connectivity index (χ3n) is 6.01. The lowest BCUT2D eigenvalue weighted by molar-refractivity contribution is -0.142. The summed E-state index contributed by atoms with van der Waals surface area (Å²) in [6.45, 7) is 4.68. The van der Waals surface area contributed by atoms with Crippen LogP contribution in [-0.4, -0.2) is 61.1 Å². The summed E-state index contributed by atoms with van der Waals surface area (Å²) in [4.78, 5) is 17.3. The number of piperidine rings is 1. The molecule has 1 aromatic carbocycles. The Balaban J connectivity index is 1.55. The van der Waals surface area contributed by atoms with Crippen LogP contribution in [0.1, 0.15) is 31.7 Å².